The third-order valence-electron chi connectivity index (χ3n) is 6.87. The van der Waals surface area contributed by atoms with Crippen LogP contribution in [-0.2, 0) is 11.3 Å². The summed E-state index contributed by atoms with van der Waals surface area (Å²) in [4.78, 5) is 11.2. The number of aliphatic imine (C=N–C) groups is 1. The van der Waals surface area contributed by atoms with Crippen molar-refractivity contribution in [3.05, 3.63) is 69.0 Å². The molecule has 178 valence electrons. The first kappa shape index (κ1) is 24.0. The fraction of sp³-hybridized carbons (Fsp3) is 0.423. The molecular weight excluding hydrogens is 430 g/mol. The van der Waals surface area contributed by atoms with Crippen molar-refractivity contribution < 1.29 is 14.9 Å². The predicted octanol–water partition coefficient (Wildman–Crippen LogP) is 2.79. The van der Waals surface area contributed by atoms with Crippen LogP contribution in [0, 0.1) is 32.1 Å². The van der Waals surface area contributed by atoms with E-state index in [0.717, 1.165) is 39.9 Å². The number of ether oxygens (including phenoxy) is 1. The Bertz CT molecular complexity index is 1160. The Morgan fingerprint density at radius 1 is 1.32 bits per heavy atom. The fourth-order valence-electron chi connectivity index (χ4n) is 4.92. The Kier molecular flexibility index (Phi) is 7.10. The number of rotatable bonds is 5. The molecule has 3 atom stereocenters. The summed E-state index contributed by atoms with van der Waals surface area (Å²) in [5.74, 6) is 0.497. The third-order valence-corrected chi connectivity index (χ3v) is 6.87. The zero-order chi connectivity index (χ0) is 24.4. The SMILES string of the molecule is Cc1cc(N=CC(=CN)CN2CC[C@@H](O)[C@H](c3ccc4c(c3C)COC4O)C2)nc(C)c1C#N. The standard InChI is InChI=1S/C26H31N5O3/c1-15-8-25(30-17(3)21(15)10-28)29-11-18(9-27)12-31-7-6-24(32)22(13-31)19-4-5-20-23(16(19)2)14-34-26(20)33/h4-5,8-9,11,22,24,26,32-33H,6-7,12-14,27H2,1-3H3/t22-,24+,26?/m0/s1. The van der Waals surface area contributed by atoms with Crippen molar-refractivity contribution in [1.82, 2.24) is 9.88 Å². The van der Waals surface area contributed by atoms with Gasteiger partial charge in [0.1, 0.15) is 6.07 Å². The molecule has 1 aromatic carbocycles. The lowest BCUT2D eigenvalue weighted by Gasteiger charge is -2.37. The van der Waals surface area contributed by atoms with Gasteiger partial charge in [-0.15, -0.1) is 0 Å². The molecule has 4 rings (SSSR count). The molecule has 1 fully saturated rings. The van der Waals surface area contributed by atoms with E-state index in [9.17, 15) is 15.5 Å². The molecule has 2 aromatic rings. The van der Waals surface area contributed by atoms with Gasteiger partial charge in [0.15, 0.2) is 12.1 Å². The zero-order valence-electron chi connectivity index (χ0n) is 19.8. The van der Waals surface area contributed by atoms with Crippen LogP contribution in [0.4, 0.5) is 5.82 Å². The molecule has 1 unspecified atom stereocenters. The molecule has 34 heavy (non-hydrogen) atoms. The van der Waals surface area contributed by atoms with Crippen LogP contribution in [0.3, 0.4) is 0 Å². The number of aliphatic hydroxyl groups excluding tert-OH is 2. The first-order valence-electron chi connectivity index (χ1n) is 11.5. The number of nitrogens with two attached hydrogens (primary N) is 1. The number of aliphatic hydroxyl groups is 2. The number of nitriles is 1. The van der Waals surface area contributed by atoms with Gasteiger partial charge in [-0.3, -0.25) is 4.90 Å². The molecule has 0 radical (unpaired) electrons. The second-order valence-electron chi connectivity index (χ2n) is 9.08. The van der Waals surface area contributed by atoms with Crippen molar-refractivity contribution in [1.29, 1.82) is 5.26 Å². The van der Waals surface area contributed by atoms with Crippen LogP contribution in [0.25, 0.3) is 0 Å². The number of piperidine rings is 1. The summed E-state index contributed by atoms with van der Waals surface area (Å²) in [6, 6.07) is 7.88. The van der Waals surface area contributed by atoms with Crippen LogP contribution < -0.4 is 5.73 Å². The Labute approximate surface area is 200 Å². The number of likely N-dealkylation sites (tertiary alicyclic amines) is 1. The Morgan fingerprint density at radius 3 is 2.79 bits per heavy atom. The molecule has 8 heteroatoms. The summed E-state index contributed by atoms with van der Waals surface area (Å²) < 4.78 is 5.38. The van der Waals surface area contributed by atoms with Crippen LogP contribution in [0.2, 0.25) is 0 Å². The van der Waals surface area contributed by atoms with Crippen LogP contribution in [0.1, 0.15) is 57.7 Å². The number of fused-ring (bicyclic) bond motifs is 1. The first-order chi connectivity index (χ1) is 16.3. The number of aryl methyl sites for hydroxylation is 2. The maximum absolute atomic E-state index is 10.8. The normalized spacial score (nSPS) is 23.3. The largest absolute Gasteiger partial charge is 0.404 e. The van der Waals surface area contributed by atoms with Gasteiger partial charge < -0.3 is 20.7 Å². The average molecular weight is 462 g/mol. The van der Waals surface area contributed by atoms with Gasteiger partial charge in [0, 0.05) is 37.3 Å². The van der Waals surface area contributed by atoms with E-state index in [1.165, 1.54) is 0 Å². The van der Waals surface area contributed by atoms with Gasteiger partial charge in [-0.2, -0.15) is 5.26 Å². The predicted molar refractivity (Wildman–Crippen MR) is 130 cm³/mol. The topological polar surface area (TPSA) is 128 Å². The van der Waals surface area contributed by atoms with E-state index in [1.807, 2.05) is 26.0 Å². The molecule has 1 aromatic heterocycles. The van der Waals surface area contributed by atoms with Crippen molar-refractivity contribution in [3.8, 4) is 6.07 Å². The Morgan fingerprint density at radius 2 is 2.09 bits per heavy atom. The summed E-state index contributed by atoms with van der Waals surface area (Å²) in [7, 11) is 0. The minimum Gasteiger partial charge on any atom is -0.404 e. The van der Waals surface area contributed by atoms with E-state index >= 15 is 0 Å². The molecule has 0 aliphatic carbocycles. The van der Waals surface area contributed by atoms with Crippen LogP contribution in [0.5, 0.6) is 0 Å². The summed E-state index contributed by atoms with van der Waals surface area (Å²) in [6.07, 6.45) is 2.61. The molecule has 2 aliphatic rings. The van der Waals surface area contributed by atoms with Gasteiger partial charge >= 0.3 is 0 Å². The first-order valence-corrected chi connectivity index (χ1v) is 11.5. The molecule has 0 amide bonds. The molecule has 8 nitrogen and oxygen atoms in total. The van der Waals surface area contributed by atoms with Crippen LogP contribution >= 0.6 is 0 Å². The number of hydrogen-bond donors (Lipinski definition) is 3. The molecule has 0 saturated carbocycles. The summed E-state index contributed by atoms with van der Waals surface area (Å²) in [5.41, 5.74) is 12.8. The Balaban J connectivity index is 1.48. The maximum atomic E-state index is 10.8. The minimum absolute atomic E-state index is 0.0433. The van der Waals surface area contributed by atoms with Crippen molar-refractivity contribution in [3.63, 3.8) is 0 Å². The summed E-state index contributed by atoms with van der Waals surface area (Å²) in [6.45, 7) is 8.14. The van der Waals surface area contributed by atoms with Crippen molar-refractivity contribution in [2.45, 2.75) is 52.1 Å². The number of nitrogens with zero attached hydrogens (tertiary/aromatic N) is 4. The van der Waals surface area contributed by atoms with Gasteiger partial charge in [0.05, 0.1) is 24.0 Å². The monoisotopic (exact) mass is 461 g/mol. The lowest BCUT2D eigenvalue weighted by molar-refractivity contribution is -0.0918. The van der Waals surface area contributed by atoms with E-state index in [2.05, 4.69) is 20.9 Å². The van der Waals surface area contributed by atoms with Crippen molar-refractivity contribution in [2.75, 3.05) is 19.6 Å². The smallest absolute Gasteiger partial charge is 0.181 e. The van der Waals surface area contributed by atoms with E-state index in [1.54, 1.807) is 25.4 Å². The van der Waals surface area contributed by atoms with Gasteiger partial charge in [-0.25, -0.2) is 9.98 Å². The van der Waals surface area contributed by atoms with E-state index in [0.29, 0.717) is 43.2 Å². The highest BCUT2D eigenvalue weighted by atomic mass is 16.6. The molecule has 0 spiro atoms. The van der Waals surface area contributed by atoms with Crippen LogP contribution in [0.15, 0.2) is 35.0 Å². The van der Waals surface area contributed by atoms with Gasteiger partial charge in [0.25, 0.3) is 0 Å². The quantitative estimate of drug-likeness (QED) is 0.584. The lowest BCUT2D eigenvalue weighted by atomic mass is 9.83. The summed E-state index contributed by atoms with van der Waals surface area (Å²) in [5, 5.41) is 30.0. The Hall–Kier alpha value is -3.09. The zero-order valence-corrected chi connectivity index (χ0v) is 19.8. The van der Waals surface area contributed by atoms with E-state index in [4.69, 9.17) is 10.5 Å². The average Bonchev–Trinajstić information content (AvgIpc) is 3.19. The highest BCUT2D eigenvalue weighted by molar-refractivity contribution is 5.81. The van der Waals surface area contributed by atoms with Gasteiger partial charge in [-0.05, 0) is 67.3 Å². The number of benzene rings is 1. The molecule has 0 bridgehead atoms. The number of aromatic nitrogens is 1. The fourth-order valence-corrected chi connectivity index (χ4v) is 4.92. The minimum atomic E-state index is -0.870. The van der Waals surface area contributed by atoms with E-state index < -0.39 is 12.4 Å². The number of hydrogen-bond acceptors (Lipinski definition) is 8. The number of pyridine rings is 1. The second-order valence-corrected chi connectivity index (χ2v) is 9.08. The lowest BCUT2D eigenvalue weighted by Crippen LogP contribution is -2.43. The van der Waals surface area contributed by atoms with Gasteiger partial charge in [0.2, 0.25) is 0 Å². The van der Waals surface area contributed by atoms with Crippen LogP contribution in [-0.4, -0.2) is 52.0 Å². The molecule has 4 N–H and O–H groups in total. The molecule has 1 saturated heterocycles. The summed E-state index contributed by atoms with van der Waals surface area (Å²) >= 11 is 0. The second kappa shape index (κ2) is 10.0. The van der Waals surface area contributed by atoms with Crippen molar-refractivity contribution >= 4 is 12.0 Å². The molecule has 2 aliphatic heterocycles. The third kappa shape index (κ3) is 4.74. The molecular formula is C26H31N5O3. The maximum Gasteiger partial charge on any atom is 0.181 e. The molecule has 3 heterocycles. The highest BCUT2D eigenvalue weighted by Gasteiger charge is 2.32. The van der Waals surface area contributed by atoms with Crippen molar-refractivity contribution in [2.24, 2.45) is 10.7 Å². The highest BCUT2D eigenvalue weighted by Crippen LogP contribution is 2.37. The van der Waals surface area contributed by atoms with Gasteiger partial charge in [-0.1, -0.05) is 12.1 Å². The van der Waals surface area contributed by atoms with E-state index in [-0.39, 0.29) is 5.92 Å².